The molecule has 0 aliphatic rings. The van der Waals surface area contributed by atoms with Crippen molar-refractivity contribution in [3.05, 3.63) is 58.3 Å². The van der Waals surface area contributed by atoms with E-state index >= 15 is 0 Å². The minimum Gasteiger partial charge on any atom is -0.383 e. The number of methoxy groups -OCH3 is 1. The zero-order valence-electron chi connectivity index (χ0n) is 12.9. The lowest BCUT2D eigenvalue weighted by molar-refractivity contribution is 0.187. The van der Waals surface area contributed by atoms with Crippen molar-refractivity contribution in [3.63, 3.8) is 0 Å². The zero-order valence-corrected chi connectivity index (χ0v) is 12.9. The van der Waals surface area contributed by atoms with Crippen molar-refractivity contribution in [1.82, 2.24) is 14.5 Å². The Morgan fingerprint density at radius 1 is 1.30 bits per heavy atom. The van der Waals surface area contributed by atoms with Gasteiger partial charge in [0.15, 0.2) is 5.65 Å². The van der Waals surface area contributed by atoms with Gasteiger partial charge in [-0.05, 0) is 42.8 Å². The van der Waals surface area contributed by atoms with E-state index in [0.29, 0.717) is 41.1 Å². The number of benzene rings is 1. The Balaban J connectivity index is 2.29. The summed E-state index contributed by atoms with van der Waals surface area (Å²) in [5, 5.41) is 0. The molecule has 2 heterocycles. The number of pyridine rings is 1. The molecule has 0 aliphatic heterocycles. The Labute approximate surface area is 132 Å². The highest BCUT2D eigenvalue weighted by atomic mass is 19.1. The van der Waals surface area contributed by atoms with Gasteiger partial charge in [-0.3, -0.25) is 9.36 Å². The van der Waals surface area contributed by atoms with Gasteiger partial charge < -0.3 is 4.74 Å². The molecule has 0 bridgehead atoms. The summed E-state index contributed by atoms with van der Waals surface area (Å²) in [4.78, 5) is 21.5. The molecular weight excluding hydrogens is 297 g/mol. The fourth-order valence-corrected chi connectivity index (χ4v) is 2.53. The molecule has 0 spiro atoms. The first-order valence-electron chi connectivity index (χ1n) is 7.23. The van der Waals surface area contributed by atoms with Gasteiger partial charge in [0.1, 0.15) is 17.0 Å². The summed E-state index contributed by atoms with van der Waals surface area (Å²) in [5.41, 5.74) is 2.44. The normalized spacial score (nSPS) is 11.1. The van der Waals surface area contributed by atoms with Crippen molar-refractivity contribution >= 4 is 11.2 Å². The summed E-state index contributed by atoms with van der Waals surface area (Å²) in [6.45, 7) is 2.52. The first-order valence-corrected chi connectivity index (χ1v) is 7.23. The number of hydrogen-bond acceptors (Lipinski definition) is 4. The fourth-order valence-electron chi connectivity index (χ4n) is 2.53. The molecule has 0 saturated heterocycles. The lowest BCUT2D eigenvalue weighted by Crippen LogP contribution is -2.26. The van der Waals surface area contributed by atoms with Crippen LogP contribution in [0.25, 0.3) is 22.4 Å². The van der Waals surface area contributed by atoms with Gasteiger partial charge in [-0.2, -0.15) is 0 Å². The summed E-state index contributed by atoms with van der Waals surface area (Å²) in [5.74, 6) is -0.339. The Morgan fingerprint density at radius 3 is 2.87 bits per heavy atom. The summed E-state index contributed by atoms with van der Waals surface area (Å²) >= 11 is 0. The van der Waals surface area contributed by atoms with Crippen molar-refractivity contribution in [2.24, 2.45) is 0 Å². The first kappa shape index (κ1) is 15.3. The summed E-state index contributed by atoms with van der Waals surface area (Å²) in [6.07, 6.45) is 1.62. The average molecular weight is 313 g/mol. The van der Waals surface area contributed by atoms with Crippen molar-refractivity contribution in [2.45, 2.75) is 13.5 Å². The number of halogens is 1. The maximum atomic E-state index is 13.3. The van der Waals surface area contributed by atoms with Gasteiger partial charge >= 0.3 is 0 Å². The number of ether oxygens (including phenoxy) is 1. The standard InChI is InChI=1S/C17H16FN3O2/c1-11-10-12(18)5-6-13(11)15-17(22)21(8-9-23-2)16-14(20-15)4-3-7-19-16/h3-7,10H,8-9H2,1-2H3. The zero-order chi connectivity index (χ0) is 16.4. The van der Waals surface area contributed by atoms with Gasteiger partial charge in [-0.25, -0.2) is 14.4 Å². The molecule has 0 aliphatic carbocycles. The van der Waals surface area contributed by atoms with E-state index in [4.69, 9.17) is 4.74 Å². The number of aryl methyl sites for hydroxylation is 1. The van der Waals surface area contributed by atoms with Gasteiger partial charge in [0.2, 0.25) is 0 Å². The second-order valence-electron chi connectivity index (χ2n) is 5.22. The Hall–Kier alpha value is -2.60. The van der Waals surface area contributed by atoms with Crippen LogP contribution in [0.15, 0.2) is 41.3 Å². The number of nitrogens with zero attached hydrogens (tertiary/aromatic N) is 3. The molecule has 2 aromatic heterocycles. The van der Waals surface area contributed by atoms with E-state index in [2.05, 4.69) is 9.97 Å². The monoisotopic (exact) mass is 313 g/mol. The maximum Gasteiger partial charge on any atom is 0.278 e. The van der Waals surface area contributed by atoms with E-state index < -0.39 is 0 Å². The number of aromatic nitrogens is 3. The van der Waals surface area contributed by atoms with Gasteiger partial charge in [0.25, 0.3) is 5.56 Å². The minimum atomic E-state index is -0.339. The topological polar surface area (TPSA) is 57.0 Å². The third-order valence-electron chi connectivity index (χ3n) is 3.66. The molecule has 5 nitrogen and oxygen atoms in total. The van der Waals surface area contributed by atoms with Crippen LogP contribution in [0.1, 0.15) is 5.56 Å². The highest BCUT2D eigenvalue weighted by Gasteiger charge is 2.15. The smallest absolute Gasteiger partial charge is 0.278 e. The van der Waals surface area contributed by atoms with E-state index in [9.17, 15) is 9.18 Å². The lowest BCUT2D eigenvalue weighted by Gasteiger charge is -2.12. The van der Waals surface area contributed by atoms with Crippen LogP contribution in [0.3, 0.4) is 0 Å². The molecule has 6 heteroatoms. The number of rotatable bonds is 4. The molecule has 3 rings (SSSR count). The molecule has 0 saturated carbocycles. The van der Waals surface area contributed by atoms with E-state index in [1.807, 2.05) is 0 Å². The largest absolute Gasteiger partial charge is 0.383 e. The number of fused-ring (bicyclic) bond motifs is 1. The molecular formula is C17H16FN3O2. The van der Waals surface area contributed by atoms with Crippen LogP contribution in [0.5, 0.6) is 0 Å². The van der Waals surface area contributed by atoms with Crippen LogP contribution >= 0.6 is 0 Å². The van der Waals surface area contributed by atoms with Crippen LogP contribution < -0.4 is 5.56 Å². The second kappa shape index (κ2) is 6.26. The van der Waals surface area contributed by atoms with Crippen molar-refractivity contribution in [1.29, 1.82) is 0 Å². The van der Waals surface area contributed by atoms with E-state index in [0.717, 1.165) is 0 Å². The molecule has 0 fully saturated rings. The van der Waals surface area contributed by atoms with Crippen LogP contribution in [-0.4, -0.2) is 28.3 Å². The predicted octanol–water partition coefficient (Wildman–Crippen LogP) is 2.55. The molecule has 0 amide bonds. The summed E-state index contributed by atoms with van der Waals surface area (Å²) < 4.78 is 20.0. The average Bonchev–Trinajstić information content (AvgIpc) is 2.54. The number of hydrogen-bond donors (Lipinski definition) is 0. The third kappa shape index (κ3) is 2.85. The van der Waals surface area contributed by atoms with Crippen LogP contribution in [0.4, 0.5) is 4.39 Å². The lowest BCUT2D eigenvalue weighted by atomic mass is 10.1. The van der Waals surface area contributed by atoms with Crippen LogP contribution in [0.2, 0.25) is 0 Å². The quantitative estimate of drug-likeness (QED) is 0.743. The molecule has 0 unspecified atom stereocenters. The molecule has 0 atom stereocenters. The summed E-state index contributed by atoms with van der Waals surface area (Å²) in [6, 6.07) is 7.87. The first-order chi connectivity index (χ1) is 11.1. The third-order valence-corrected chi connectivity index (χ3v) is 3.66. The SMILES string of the molecule is COCCn1c(=O)c(-c2ccc(F)cc2C)nc2cccnc21. The van der Waals surface area contributed by atoms with E-state index in [-0.39, 0.29) is 11.4 Å². The predicted molar refractivity (Wildman–Crippen MR) is 85.8 cm³/mol. The van der Waals surface area contributed by atoms with Gasteiger partial charge in [-0.1, -0.05) is 0 Å². The molecule has 3 aromatic rings. The second-order valence-corrected chi connectivity index (χ2v) is 5.22. The minimum absolute atomic E-state index is 0.261. The highest BCUT2D eigenvalue weighted by molar-refractivity contribution is 5.75. The highest BCUT2D eigenvalue weighted by Crippen LogP contribution is 2.21. The Bertz CT molecular complexity index is 921. The van der Waals surface area contributed by atoms with Gasteiger partial charge in [0.05, 0.1) is 13.2 Å². The maximum absolute atomic E-state index is 13.3. The van der Waals surface area contributed by atoms with Crippen molar-refractivity contribution < 1.29 is 9.13 Å². The fraction of sp³-hybridized carbons (Fsp3) is 0.235. The van der Waals surface area contributed by atoms with Crippen molar-refractivity contribution in [3.8, 4) is 11.3 Å². The molecule has 0 radical (unpaired) electrons. The molecule has 1 aromatic carbocycles. The van der Waals surface area contributed by atoms with Crippen LogP contribution in [-0.2, 0) is 11.3 Å². The van der Waals surface area contributed by atoms with Crippen LogP contribution in [0, 0.1) is 12.7 Å². The molecule has 23 heavy (non-hydrogen) atoms. The molecule has 0 N–H and O–H groups in total. The molecule has 118 valence electrons. The van der Waals surface area contributed by atoms with Gasteiger partial charge in [0, 0.05) is 18.9 Å². The van der Waals surface area contributed by atoms with Gasteiger partial charge in [-0.15, -0.1) is 0 Å². The van der Waals surface area contributed by atoms with E-state index in [1.54, 1.807) is 43.0 Å². The Kier molecular flexibility index (Phi) is 4.16. The van der Waals surface area contributed by atoms with Crippen molar-refractivity contribution in [2.75, 3.05) is 13.7 Å². The summed E-state index contributed by atoms with van der Waals surface area (Å²) in [7, 11) is 1.58. The Morgan fingerprint density at radius 2 is 2.13 bits per heavy atom. The van der Waals surface area contributed by atoms with E-state index in [1.165, 1.54) is 12.1 Å².